The molecule has 0 aliphatic heterocycles. The van der Waals surface area contributed by atoms with Crippen LogP contribution in [0.15, 0.2) is 0 Å². The van der Waals surface area contributed by atoms with Gasteiger partial charge in [-0.1, -0.05) is 6.92 Å². The van der Waals surface area contributed by atoms with Gasteiger partial charge in [-0.2, -0.15) is 0 Å². The van der Waals surface area contributed by atoms with Gasteiger partial charge in [0.1, 0.15) is 6.29 Å². The Labute approximate surface area is 78.4 Å². The van der Waals surface area contributed by atoms with E-state index in [0.29, 0.717) is 32.2 Å². The first-order valence-corrected chi connectivity index (χ1v) is 4.57. The molecular formula is C9H17NO3. The third-order valence-corrected chi connectivity index (χ3v) is 1.56. The molecule has 13 heavy (non-hydrogen) atoms. The monoisotopic (exact) mass is 187 g/mol. The van der Waals surface area contributed by atoms with Gasteiger partial charge in [-0.05, 0) is 19.3 Å². The largest absolute Gasteiger partial charge is 0.466 e. The third-order valence-electron chi connectivity index (χ3n) is 1.56. The summed E-state index contributed by atoms with van der Waals surface area (Å²) in [6.45, 7) is 2.41. The van der Waals surface area contributed by atoms with Crippen molar-refractivity contribution in [3.63, 3.8) is 0 Å². The normalized spacial score (nSPS) is 12.2. The maximum absolute atomic E-state index is 10.9. The first-order valence-electron chi connectivity index (χ1n) is 4.57. The van der Waals surface area contributed by atoms with Crippen molar-refractivity contribution in [3.8, 4) is 0 Å². The molecule has 0 amide bonds. The van der Waals surface area contributed by atoms with Crippen molar-refractivity contribution in [3.05, 3.63) is 0 Å². The maximum Gasteiger partial charge on any atom is 0.305 e. The number of ether oxygens (including phenoxy) is 1. The number of rotatable bonds is 7. The highest BCUT2D eigenvalue weighted by molar-refractivity contribution is 5.69. The molecule has 0 rings (SSSR count). The summed E-state index contributed by atoms with van der Waals surface area (Å²) in [4.78, 5) is 21.0. The average Bonchev–Trinajstić information content (AvgIpc) is 2.14. The molecule has 0 saturated heterocycles. The van der Waals surface area contributed by atoms with E-state index in [-0.39, 0.29) is 5.97 Å². The molecule has 1 atom stereocenters. The summed E-state index contributed by atoms with van der Waals surface area (Å²) in [6.07, 6.45) is 3.03. The first kappa shape index (κ1) is 12.1. The molecule has 1 unspecified atom stereocenters. The van der Waals surface area contributed by atoms with Gasteiger partial charge in [0, 0.05) is 6.42 Å². The second-order valence-corrected chi connectivity index (χ2v) is 2.91. The molecule has 0 aliphatic rings. The highest BCUT2D eigenvalue weighted by atomic mass is 16.5. The quantitative estimate of drug-likeness (QED) is 0.469. The maximum atomic E-state index is 10.9. The fraction of sp³-hybridized carbons (Fsp3) is 0.778. The number of carbonyl (C=O) groups is 2. The van der Waals surface area contributed by atoms with E-state index in [2.05, 4.69) is 0 Å². The minimum absolute atomic E-state index is 0.208. The van der Waals surface area contributed by atoms with E-state index < -0.39 is 6.04 Å². The summed E-state index contributed by atoms with van der Waals surface area (Å²) in [7, 11) is 0. The van der Waals surface area contributed by atoms with Crippen LogP contribution in [0.5, 0.6) is 0 Å². The lowest BCUT2D eigenvalue weighted by molar-refractivity contribution is -0.143. The van der Waals surface area contributed by atoms with E-state index in [1.807, 2.05) is 6.92 Å². The highest BCUT2D eigenvalue weighted by Crippen LogP contribution is 1.99. The summed E-state index contributed by atoms with van der Waals surface area (Å²) in [6, 6.07) is -0.445. The number of aldehydes is 1. The van der Waals surface area contributed by atoms with Gasteiger partial charge in [0.05, 0.1) is 12.6 Å². The van der Waals surface area contributed by atoms with E-state index in [1.165, 1.54) is 0 Å². The van der Waals surface area contributed by atoms with Crippen LogP contribution in [0, 0.1) is 0 Å². The zero-order valence-corrected chi connectivity index (χ0v) is 7.99. The van der Waals surface area contributed by atoms with Gasteiger partial charge in [0.2, 0.25) is 0 Å². The van der Waals surface area contributed by atoms with E-state index in [1.54, 1.807) is 0 Å². The Balaban J connectivity index is 3.31. The Morgan fingerprint density at radius 3 is 2.85 bits per heavy atom. The number of hydrogen-bond donors (Lipinski definition) is 1. The Kier molecular flexibility index (Phi) is 7.20. The van der Waals surface area contributed by atoms with Crippen molar-refractivity contribution in [2.75, 3.05) is 6.61 Å². The minimum Gasteiger partial charge on any atom is -0.466 e. The Bertz CT molecular complexity index is 159. The molecule has 0 radical (unpaired) electrons. The number of hydrogen-bond acceptors (Lipinski definition) is 4. The summed E-state index contributed by atoms with van der Waals surface area (Å²) in [5.41, 5.74) is 5.34. The Morgan fingerprint density at radius 1 is 1.62 bits per heavy atom. The minimum atomic E-state index is -0.445. The van der Waals surface area contributed by atoms with Crippen LogP contribution < -0.4 is 5.73 Å². The average molecular weight is 187 g/mol. The van der Waals surface area contributed by atoms with Gasteiger partial charge in [-0.25, -0.2) is 0 Å². The van der Waals surface area contributed by atoms with Gasteiger partial charge in [0.25, 0.3) is 0 Å². The van der Waals surface area contributed by atoms with Gasteiger partial charge < -0.3 is 15.3 Å². The van der Waals surface area contributed by atoms with Crippen molar-refractivity contribution in [2.45, 2.75) is 38.6 Å². The van der Waals surface area contributed by atoms with Gasteiger partial charge >= 0.3 is 5.97 Å². The number of nitrogens with two attached hydrogens (primary N) is 1. The van der Waals surface area contributed by atoms with E-state index in [4.69, 9.17) is 10.5 Å². The summed E-state index contributed by atoms with van der Waals surface area (Å²) < 4.78 is 4.84. The van der Waals surface area contributed by atoms with Crippen LogP contribution in [0.4, 0.5) is 0 Å². The Morgan fingerprint density at radius 2 is 2.31 bits per heavy atom. The second-order valence-electron chi connectivity index (χ2n) is 2.91. The van der Waals surface area contributed by atoms with Crippen molar-refractivity contribution in [2.24, 2.45) is 5.73 Å². The van der Waals surface area contributed by atoms with Crippen LogP contribution in [0.2, 0.25) is 0 Å². The lowest BCUT2D eigenvalue weighted by atomic mass is 10.1. The number of esters is 1. The smallest absolute Gasteiger partial charge is 0.305 e. The number of carbonyl (C=O) groups excluding carboxylic acids is 2. The predicted molar refractivity (Wildman–Crippen MR) is 49.1 cm³/mol. The van der Waals surface area contributed by atoms with Gasteiger partial charge in [-0.15, -0.1) is 0 Å². The molecule has 0 saturated carbocycles. The fourth-order valence-electron chi connectivity index (χ4n) is 0.838. The summed E-state index contributed by atoms with van der Waals surface area (Å²) >= 11 is 0. The first-order chi connectivity index (χ1) is 6.20. The molecule has 4 nitrogen and oxygen atoms in total. The van der Waals surface area contributed by atoms with Crippen LogP contribution >= 0.6 is 0 Å². The lowest BCUT2D eigenvalue weighted by Gasteiger charge is -2.04. The van der Waals surface area contributed by atoms with Crippen LogP contribution in [0.3, 0.4) is 0 Å². The zero-order chi connectivity index (χ0) is 10.1. The van der Waals surface area contributed by atoms with Gasteiger partial charge in [0.15, 0.2) is 0 Å². The SMILES string of the molecule is CCCOC(=O)CCCC(N)C=O. The van der Waals surface area contributed by atoms with E-state index >= 15 is 0 Å². The van der Waals surface area contributed by atoms with Crippen molar-refractivity contribution >= 4 is 12.3 Å². The van der Waals surface area contributed by atoms with E-state index in [9.17, 15) is 9.59 Å². The molecule has 0 aromatic rings. The molecule has 0 aromatic heterocycles. The standard InChI is InChI=1S/C9H17NO3/c1-2-6-13-9(12)5-3-4-8(10)7-11/h7-8H,2-6,10H2,1H3. The fourth-order valence-corrected chi connectivity index (χ4v) is 0.838. The molecule has 0 aromatic carbocycles. The highest BCUT2D eigenvalue weighted by Gasteiger charge is 2.04. The molecule has 0 spiro atoms. The van der Waals surface area contributed by atoms with E-state index in [0.717, 1.165) is 6.42 Å². The molecule has 0 heterocycles. The lowest BCUT2D eigenvalue weighted by Crippen LogP contribution is -2.21. The third kappa shape index (κ3) is 7.46. The van der Waals surface area contributed by atoms with Crippen molar-refractivity contribution < 1.29 is 14.3 Å². The van der Waals surface area contributed by atoms with Crippen LogP contribution in [-0.4, -0.2) is 24.9 Å². The summed E-state index contributed by atoms with van der Waals surface area (Å²) in [5.74, 6) is -0.208. The van der Waals surface area contributed by atoms with Crippen molar-refractivity contribution in [1.29, 1.82) is 0 Å². The Hall–Kier alpha value is -0.900. The van der Waals surface area contributed by atoms with Crippen LogP contribution in [0.1, 0.15) is 32.6 Å². The molecular weight excluding hydrogens is 170 g/mol. The van der Waals surface area contributed by atoms with Gasteiger partial charge in [-0.3, -0.25) is 4.79 Å². The zero-order valence-electron chi connectivity index (χ0n) is 7.99. The topological polar surface area (TPSA) is 69.4 Å². The van der Waals surface area contributed by atoms with Crippen molar-refractivity contribution in [1.82, 2.24) is 0 Å². The summed E-state index contributed by atoms with van der Waals surface area (Å²) in [5, 5.41) is 0. The molecule has 76 valence electrons. The molecule has 4 heteroatoms. The van der Waals surface area contributed by atoms with Crippen LogP contribution in [0.25, 0.3) is 0 Å². The molecule has 0 fully saturated rings. The molecule has 0 bridgehead atoms. The molecule has 0 aliphatic carbocycles. The second kappa shape index (κ2) is 7.73. The predicted octanol–water partition coefficient (Wildman–Crippen LogP) is 0.636. The van der Waals surface area contributed by atoms with Crippen LogP contribution in [-0.2, 0) is 14.3 Å². The molecule has 2 N–H and O–H groups in total.